The predicted octanol–water partition coefficient (Wildman–Crippen LogP) is 12.0. The molecule has 0 unspecified atom stereocenters. The molecule has 9 aromatic rings. The van der Waals surface area contributed by atoms with Crippen molar-refractivity contribution in [1.29, 1.82) is 10.5 Å². The van der Waals surface area contributed by atoms with Gasteiger partial charge in [0.2, 0.25) is 0 Å². The summed E-state index contributed by atoms with van der Waals surface area (Å²) >= 11 is 0. The van der Waals surface area contributed by atoms with E-state index < -0.39 is 11.8 Å². The minimum atomic E-state index is -0.431. The number of carbonyl (C=O) groups is 2. The van der Waals surface area contributed by atoms with Crippen LogP contribution in [0.2, 0.25) is 0 Å². The smallest absolute Gasteiger partial charge is 0.268 e. The van der Waals surface area contributed by atoms with Crippen LogP contribution in [0.15, 0.2) is 182 Å². The maximum absolute atomic E-state index is 15.5. The largest absolute Gasteiger partial charge is 0.307 e. The molecule has 6 nitrogen and oxygen atoms in total. The number of para-hydroxylation sites is 3. The fraction of sp³-hybridized carbons (Fsp3) is 0. The number of rotatable bonds is 6. The van der Waals surface area contributed by atoms with Crippen LogP contribution >= 0.6 is 0 Å². The maximum Gasteiger partial charge on any atom is 0.268 e. The molecule has 0 spiro atoms. The molecule has 2 amide bonds. The standard InChI is InChI=1S/C52H30N4O2/c53-31-33-13-7-19-37(29-33)41-23-10-25-43-44-26-11-24-42(38-20-8-14-34(30-38)32-54)50(44)55(49(41)43)46-28-12-27-45-47(46)52(58)56(51(45)57)48-39(35-15-3-1-4-16-35)21-9-22-40(48)36-17-5-2-6-18-36/h1-30H. The molecule has 58 heavy (non-hydrogen) atoms. The van der Waals surface area contributed by atoms with E-state index in [2.05, 4.69) is 28.8 Å². The summed E-state index contributed by atoms with van der Waals surface area (Å²) in [7, 11) is 0. The molecule has 2 heterocycles. The highest BCUT2D eigenvalue weighted by Crippen LogP contribution is 2.47. The van der Waals surface area contributed by atoms with Crippen molar-refractivity contribution in [3.63, 3.8) is 0 Å². The second-order valence-electron chi connectivity index (χ2n) is 14.2. The zero-order chi connectivity index (χ0) is 39.3. The summed E-state index contributed by atoms with van der Waals surface area (Å²) in [5, 5.41) is 21.6. The molecule has 1 aliphatic heterocycles. The molecule has 0 saturated carbocycles. The third-order valence-corrected chi connectivity index (χ3v) is 11.0. The summed E-state index contributed by atoms with van der Waals surface area (Å²) < 4.78 is 2.10. The van der Waals surface area contributed by atoms with Gasteiger partial charge in [-0.2, -0.15) is 10.5 Å². The number of imide groups is 1. The van der Waals surface area contributed by atoms with Crippen molar-refractivity contribution in [1.82, 2.24) is 4.57 Å². The molecule has 1 aromatic heterocycles. The van der Waals surface area contributed by atoms with Crippen LogP contribution in [0.5, 0.6) is 0 Å². The van der Waals surface area contributed by atoms with Crippen molar-refractivity contribution in [3.8, 4) is 62.3 Å². The lowest BCUT2D eigenvalue weighted by molar-refractivity contribution is 0.0926. The topological polar surface area (TPSA) is 89.9 Å². The first-order chi connectivity index (χ1) is 28.6. The number of amides is 2. The highest BCUT2D eigenvalue weighted by atomic mass is 16.2. The molecule has 6 heteroatoms. The van der Waals surface area contributed by atoms with Gasteiger partial charge in [-0.15, -0.1) is 0 Å². The van der Waals surface area contributed by atoms with Gasteiger partial charge in [0, 0.05) is 33.0 Å². The normalized spacial score (nSPS) is 12.1. The molecular formula is C52H30N4O2. The summed E-state index contributed by atoms with van der Waals surface area (Å²) in [5.41, 5.74) is 11.0. The van der Waals surface area contributed by atoms with Crippen LogP contribution in [-0.2, 0) is 0 Å². The van der Waals surface area contributed by atoms with E-state index in [4.69, 9.17) is 0 Å². The predicted molar refractivity (Wildman–Crippen MR) is 230 cm³/mol. The Bertz CT molecular complexity index is 3070. The minimum absolute atomic E-state index is 0.286. The van der Waals surface area contributed by atoms with Gasteiger partial charge in [0.1, 0.15) is 0 Å². The summed E-state index contributed by atoms with van der Waals surface area (Å²) in [6.45, 7) is 0. The van der Waals surface area contributed by atoms with E-state index in [1.807, 2.05) is 152 Å². The van der Waals surface area contributed by atoms with Crippen molar-refractivity contribution in [2.45, 2.75) is 0 Å². The monoisotopic (exact) mass is 742 g/mol. The summed E-state index contributed by atoms with van der Waals surface area (Å²) in [4.78, 5) is 31.8. The lowest BCUT2D eigenvalue weighted by Crippen LogP contribution is -2.30. The van der Waals surface area contributed by atoms with Crippen LogP contribution in [0, 0.1) is 22.7 Å². The molecule has 0 saturated heterocycles. The van der Waals surface area contributed by atoms with Gasteiger partial charge in [-0.05, 0) is 58.7 Å². The third-order valence-electron chi connectivity index (χ3n) is 11.0. The molecule has 270 valence electrons. The van der Waals surface area contributed by atoms with Crippen molar-refractivity contribution in [3.05, 3.63) is 204 Å². The number of fused-ring (bicyclic) bond motifs is 4. The summed E-state index contributed by atoms with van der Waals surface area (Å²) in [5.74, 6) is -0.842. The van der Waals surface area contributed by atoms with Gasteiger partial charge in [0.05, 0.1) is 56.8 Å². The van der Waals surface area contributed by atoms with Crippen molar-refractivity contribution in [2.24, 2.45) is 0 Å². The average molecular weight is 743 g/mol. The summed E-state index contributed by atoms with van der Waals surface area (Å²) in [6, 6.07) is 62.7. The Kier molecular flexibility index (Phi) is 8.11. The van der Waals surface area contributed by atoms with E-state index in [1.54, 1.807) is 18.2 Å². The Morgan fingerprint density at radius 3 is 1.34 bits per heavy atom. The zero-order valence-corrected chi connectivity index (χ0v) is 30.9. The molecule has 0 fully saturated rings. The number of anilines is 1. The fourth-order valence-electron chi connectivity index (χ4n) is 8.48. The van der Waals surface area contributed by atoms with Crippen molar-refractivity contribution < 1.29 is 9.59 Å². The van der Waals surface area contributed by atoms with Gasteiger partial charge in [-0.1, -0.05) is 146 Å². The van der Waals surface area contributed by atoms with Gasteiger partial charge >= 0.3 is 0 Å². The highest BCUT2D eigenvalue weighted by Gasteiger charge is 2.41. The van der Waals surface area contributed by atoms with Crippen molar-refractivity contribution in [2.75, 3.05) is 4.90 Å². The lowest BCUT2D eigenvalue weighted by atomic mass is 9.95. The molecule has 0 radical (unpaired) electrons. The SMILES string of the molecule is N#Cc1cccc(-c2cccc3c4cccc(-c5cccc(C#N)c5)c4n(-c4cccc5c4C(=O)N(c4c(-c6ccccc6)cccc4-c4ccccc4)C5=O)c23)c1. The van der Waals surface area contributed by atoms with Gasteiger partial charge in [-0.25, -0.2) is 4.90 Å². The average Bonchev–Trinajstić information content (AvgIpc) is 3.77. The van der Waals surface area contributed by atoms with Crippen molar-refractivity contribution >= 4 is 39.3 Å². The zero-order valence-electron chi connectivity index (χ0n) is 30.9. The first-order valence-corrected chi connectivity index (χ1v) is 18.9. The molecular weight excluding hydrogens is 713 g/mol. The molecule has 0 atom stereocenters. The molecule has 1 aliphatic rings. The molecule has 0 aliphatic carbocycles. The van der Waals surface area contributed by atoms with Crippen LogP contribution in [-0.4, -0.2) is 16.4 Å². The van der Waals surface area contributed by atoms with Crippen LogP contribution < -0.4 is 4.90 Å². The minimum Gasteiger partial charge on any atom is -0.307 e. The molecule has 0 N–H and O–H groups in total. The van der Waals surface area contributed by atoms with Crippen LogP contribution in [0.25, 0.3) is 72.0 Å². The second-order valence-corrected chi connectivity index (χ2v) is 14.2. The number of carbonyl (C=O) groups excluding carboxylic acids is 2. The first kappa shape index (κ1) is 34.2. The van der Waals surface area contributed by atoms with E-state index in [0.29, 0.717) is 28.1 Å². The third kappa shape index (κ3) is 5.33. The number of nitriles is 2. The Balaban J connectivity index is 1.29. The molecule has 0 bridgehead atoms. The Hall–Kier alpha value is -8.32. The quantitative estimate of drug-likeness (QED) is 0.159. The van der Waals surface area contributed by atoms with Crippen LogP contribution in [0.3, 0.4) is 0 Å². The molecule has 10 rings (SSSR count). The molecule has 8 aromatic carbocycles. The van der Waals surface area contributed by atoms with E-state index in [0.717, 1.165) is 66.3 Å². The van der Waals surface area contributed by atoms with Crippen LogP contribution in [0.4, 0.5) is 5.69 Å². The number of benzene rings is 8. The van der Waals surface area contributed by atoms with E-state index >= 15 is 4.79 Å². The number of hydrogen-bond acceptors (Lipinski definition) is 4. The Morgan fingerprint density at radius 2 is 0.828 bits per heavy atom. The Morgan fingerprint density at radius 1 is 0.397 bits per heavy atom. The summed E-state index contributed by atoms with van der Waals surface area (Å²) in [6.07, 6.45) is 0. The lowest BCUT2D eigenvalue weighted by Gasteiger charge is -2.23. The Labute approximate surface area is 334 Å². The fourth-order valence-corrected chi connectivity index (χ4v) is 8.48. The number of hydrogen-bond donors (Lipinski definition) is 0. The van der Waals surface area contributed by atoms with E-state index in [-0.39, 0.29) is 5.56 Å². The van der Waals surface area contributed by atoms with Gasteiger partial charge in [0.15, 0.2) is 0 Å². The first-order valence-electron chi connectivity index (χ1n) is 18.9. The number of nitrogens with zero attached hydrogens (tertiary/aromatic N) is 4. The highest BCUT2D eigenvalue weighted by molar-refractivity contribution is 6.37. The van der Waals surface area contributed by atoms with E-state index in [1.165, 1.54) is 4.90 Å². The van der Waals surface area contributed by atoms with Gasteiger partial charge < -0.3 is 4.57 Å². The van der Waals surface area contributed by atoms with Gasteiger partial charge in [0.25, 0.3) is 11.8 Å². The number of aromatic nitrogens is 1. The van der Waals surface area contributed by atoms with E-state index in [9.17, 15) is 15.3 Å². The second kappa shape index (κ2) is 13.8. The van der Waals surface area contributed by atoms with Gasteiger partial charge in [-0.3, -0.25) is 9.59 Å². The maximum atomic E-state index is 15.5. The van der Waals surface area contributed by atoms with Crippen LogP contribution in [0.1, 0.15) is 31.8 Å².